The highest BCUT2D eigenvalue weighted by atomic mass is 16.5. The van der Waals surface area contributed by atoms with Crippen molar-refractivity contribution in [1.29, 1.82) is 0 Å². The summed E-state index contributed by atoms with van der Waals surface area (Å²) in [6.45, 7) is 4.17. The van der Waals surface area contributed by atoms with Gasteiger partial charge in [0.25, 0.3) is 0 Å². The van der Waals surface area contributed by atoms with Crippen LogP contribution in [0.1, 0.15) is 110 Å². The van der Waals surface area contributed by atoms with Crippen LogP contribution in [0.4, 0.5) is 0 Å². The second-order valence-corrected chi connectivity index (χ2v) is 7.81. The van der Waals surface area contributed by atoms with E-state index in [2.05, 4.69) is 13.8 Å². The molecule has 0 saturated heterocycles. The first-order valence-corrected chi connectivity index (χ1v) is 11.0. The molecule has 0 spiro atoms. The van der Waals surface area contributed by atoms with E-state index in [1.165, 1.54) is 77.0 Å². The SMILES string of the molecule is CCC(C)CCCCCCCCCCCCCCC(=O)OCC(O)CO. The molecule has 0 radical (unpaired) electrons. The second-order valence-electron chi connectivity index (χ2n) is 7.81. The number of hydrogen-bond donors (Lipinski definition) is 2. The average Bonchev–Trinajstić information content (AvgIpc) is 2.65. The van der Waals surface area contributed by atoms with Crippen molar-refractivity contribution in [3.63, 3.8) is 0 Å². The third kappa shape index (κ3) is 18.2. The Balaban J connectivity index is 3.16. The number of esters is 1. The van der Waals surface area contributed by atoms with E-state index in [1.54, 1.807) is 0 Å². The Morgan fingerprint density at radius 3 is 1.77 bits per heavy atom. The zero-order valence-electron chi connectivity index (χ0n) is 17.4. The molecule has 156 valence electrons. The first-order valence-electron chi connectivity index (χ1n) is 11.0. The van der Waals surface area contributed by atoms with Gasteiger partial charge in [-0.3, -0.25) is 4.79 Å². The van der Waals surface area contributed by atoms with Gasteiger partial charge in [-0.2, -0.15) is 0 Å². The molecule has 2 atom stereocenters. The van der Waals surface area contributed by atoms with Crippen LogP contribution in [0.25, 0.3) is 0 Å². The van der Waals surface area contributed by atoms with Crippen molar-refractivity contribution in [2.75, 3.05) is 13.2 Å². The summed E-state index contributed by atoms with van der Waals surface area (Å²) in [6.07, 6.45) is 17.5. The summed E-state index contributed by atoms with van der Waals surface area (Å²) in [5.41, 5.74) is 0. The minimum Gasteiger partial charge on any atom is -0.463 e. The van der Waals surface area contributed by atoms with Gasteiger partial charge in [-0.15, -0.1) is 0 Å². The molecule has 0 bridgehead atoms. The molecule has 0 aromatic rings. The van der Waals surface area contributed by atoms with E-state index in [1.807, 2.05) is 0 Å². The normalized spacial score (nSPS) is 13.5. The molecule has 0 aromatic heterocycles. The van der Waals surface area contributed by atoms with E-state index in [0.29, 0.717) is 6.42 Å². The van der Waals surface area contributed by atoms with Crippen LogP contribution < -0.4 is 0 Å². The highest BCUT2D eigenvalue weighted by molar-refractivity contribution is 5.69. The summed E-state index contributed by atoms with van der Waals surface area (Å²) in [5, 5.41) is 17.7. The summed E-state index contributed by atoms with van der Waals surface area (Å²) in [5.74, 6) is 0.626. The minimum absolute atomic E-state index is 0.104. The number of carbonyl (C=O) groups is 1. The minimum atomic E-state index is -0.955. The van der Waals surface area contributed by atoms with Crippen LogP contribution in [-0.4, -0.2) is 35.5 Å². The van der Waals surface area contributed by atoms with Gasteiger partial charge in [-0.25, -0.2) is 0 Å². The number of aliphatic hydroxyl groups is 2. The Kier molecular flexibility index (Phi) is 18.7. The first kappa shape index (κ1) is 25.4. The van der Waals surface area contributed by atoms with Crippen LogP contribution >= 0.6 is 0 Å². The molecule has 0 amide bonds. The molecule has 0 fully saturated rings. The number of hydrogen-bond acceptors (Lipinski definition) is 4. The molecule has 26 heavy (non-hydrogen) atoms. The van der Waals surface area contributed by atoms with Crippen LogP contribution in [0.3, 0.4) is 0 Å². The van der Waals surface area contributed by atoms with Crippen molar-refractivity contribution in [1.82, 2.24) is 0 Å². The predicted molar refractivity (Wildman–Crippen MR) is 108 cm³/mol. The maximum Gasteiger partial charge on any atom is 0.305 e. The molecule has 0 saturated carbocycles. The van der Waals surface area contributed by atoms with E-state index >= 15 is 0 Å². The van der Waals surface area contributed by atoms with E-state index in [9.17, 15) is 4.79 Å². The zero-order valence-corrected chi connectivity index (χ0v) is 17.4. The highest BCUT2D eigenvalue weighted by Crippen LogP contribution is 2.15. The van der Waals surface area contributed by atoms with Gasteiger partial charge in [0.2, 0.25) is 0 Å². The summed E-state index contributed by atoms with van der Waals surface area (Å²) in [7, 11) is 0. The standard InChI is InChI=1S/C22H44O4/c1-3-20(2)16-14-12-10-8-6-4-5-7-9-11-13-15-17-22(25)26-19-21(24)18-23/h20-21,23-24H,3-19H2,1-2H3. The third-order valence-electron chi connectivity index (χ3n) is 5.17. The molecule has 0 aliphatic carbocycles. The molecule has 0 aromatic carbocycles. The van der Waals surface area contributed by atoms with E-state index < -0.39 is 6.10 Å². The van der Waals surface area contributed by atoms with E-state index in [-0.39, 0.29) is 19.2 Å². The van der Waals surface area contributed by atoms with Crippen LogP contribution in [0, 0.1) is 5.92 Å². The number of ether oxygens (including phenoxy) is 1. The van der Waals surface area contributed by atoms with Gasteiger partial charge in [0.1, 0.15) is 12.7 Å². The molecular formula is C22H44O4. The molecule has 4 heteroatoms. The van der Waals surface area contributed by atoms with Gasteiger partial charge >= 0.3 is 5.97 Å². The van der Waals surface area contributed by atoms with Gasteiger partial charge in [0, 0.05) is 6.42 Å². The lowest BCUT2D eigenvalue weighted by molar-refractivity contribution is -0.147. The number of carbonyl (C=O) groups excluding carboxylic acids is 1. The lowest BCUT2D eigenvalue weighted by Gasteiger charge is -2.08. The Morgan fingerprint density at radius 1 is 0.846 bits per heavy atom. The van der Waals surface area contributed by atoms with Crippen molar-refractivity contribution in [2.45, 2.75) is 116 Å². The van der Waals surface area contributed by atoms with Crippen molar-refractivity contribution in [3.05, 3.63) is 0 Å². The molecule has 0 aliphatic heterocycles. The van der Waals surface area contributed by atoms with Gasteiger partial charge < -0.3 is 14.9 Å². The lowest BCUT2D eigenvalue weighted by Crippen LogP contribution is -2.21. The van der Waals surface area contributed by atoms with Crippen LogP contribution in [0.2, 0.25) is 0 Å². The zero-order chi connectivity index (χ0) is 19.5. The fourth-order valence-electron chi connectivity index (χ4n) is 3.05. The van der Waals surface area contributed by atoms with Crippen molar-refractivity contribution in [3.8, 4) is 0 Å². The van der Waals surface area contributed by atoms with Gasteiger partial charge in [0.15, 0.2) is 0 Å². The first-order chi connectivity index (χ1) is 12.6. The molecule has 2 unspecified atom stereocenters. The second kappa shape index (κ2) is 19.2. The van der Waals surface area contributed by atoms with Gasteiger partial charge in [-0.05, 0) is 12.3 Å². The average molecular weight is 373 g/mol. The summed E-state index contributed by atoms with van der Waals surface area (Å²) < 4.78 is 4.87. The van der Waals surface area contributed by atoms with Gasteiger partial charge in [-0.1, -0.05) is 97.3 Å². The van der Waals surface area contributed by atoms with Crippen molar-refractivity contribution < 1.29 is 19.7 Å². The van der Waals surface area contributed by atoms with Crippen LogP contribution in [0.5, 0.6) is 0 Å². The Morgan fingerprint density at radius 2 is 1.31 bits per heavy atom. The molecule has 0 heterocycles. The number of rotatable bonds is 19. The molecule has 0 aliphatic rings. The smallest absolute Gasteiger partial charge is 0.305 e. The quantitative estimate of drug-likeness (QED) is 0.236. The number of unbranched alkanes of at least 4 members (excludes halogenated alkanes) is 11. The monoisotopic (exact) mass is 372 g/mol. The van der Waals surface area contributed by atoms with E-state index in [4.69, 9.17) is 14.9 Å². The molecule has 4 nitrogen and oxygen atoms in total. The maximum absolute atomic E-state index is 11.4. The van der Waals surface area contributed by atoms with Crippen molar-refractivity contribution in [2.24, 2.45) is 5.92 Å². The largest absolute Gasteiger partial charge is 0.463 e. The summed E-state index contributed by atoms with van der Waals surface area (Å²) in [6, 6.07) is 0. The van der Waals surface area contributed by atoms with Gasteiger partial charge in [0.05, 0.1) is 6.61 Å². The van der Waals surface area contributed by atoms with E-state index in [0.717, 1.165) is 18.8 Å². The molecule has 2 N–H and O–H groups in total. The number of aliphatic hydroxyl groups excluding tert-OH is 2. The Labute approximate surface area is 161 Å². The Hall–Kier alpha value is -0.610. The summed E-state index contributed by atoms with van der Waals surface area (Å²) >= 11 is 0. The molecule has 0 rings (SSSR count). The topological polar surface area (TPSA) is 66.8 Å². The predicted octanol–water partition coefficient (Wildman–Crippen LogP) is 5.39. The summed E-state index contributed by atoms with van der Waals surface area (Å²) in [4.78, 5) is 11.4. The van der Waals surface area contributed by atoms with Crippen LogP contribution in [-0.2, 0) is 9.53 Å². The third-order valence-corrected chi connectivity index (χ3v) is 5.17. The van der Waals surface area contributed by atoms with Crippen molar-refractivity contribution >= 4 is 5.97 Å². The maximum atomic E-state index is 11.4. The fourth-order valence-corrected chi connectivity index (χ4v) is 3.05. The fraction of sp³-hybridized carbons (Fsp3) is 0.955. The Bertz CT molecular complexity index is 307. The lowest BCUT2D eigenvalue weighted by atomic mass is 9.99. The molecular weight excluding hydrogens is 328 g/mol. The highest BCUT2D eigenvalue weighted by Gasteiger charge is 2.07. The van der Waals surface area contributed by atoms with Crippen LogP contribution in [0.15, 0.2) is 0 Å².